The number of hydrogen-bond acceptors (Lipinski definition) is 3. The highest BCUT2D eigenvalue weighted by atomic mass is 15.3. The molecule has 0 aromatic rings. The Kier molecular flexibility index (Phi) is 7.20. The summed E-state index contributed by atoms with van der Waals surface area (Å²) in [5, 5.41) is 3.70. The fourth-order valence-corrected chi connectivity index (χ4v) is 2.83. The molecule has 2 atom stereocenters. The van der Waals surface area contributed by atoms with Gasteiger partial charge in [0.05, 0.1) is 0 Å². The first-order chi connectivity index (χ1) is 8.58. The molecule has 0 aromatic carbocycles. The van der Waals surface area contributed by atoms with Gasteiger partial charge in [-0.2, -0.15) is 0 Å². The van der Waals surface area contributed by atoms with Crippen LogP contribution in [0.5, 0.6) is 0 Å². The second-order valence-corrected chi connectivity index (χ2v) is 6.04. The van der Waals surface area contributed by atoms with Gasteiger partial charge >= 0.3 is 0 Å². The number of likely N-dealkylation sites (N-methyl/N-ethyl adjacent to an activating group) is 1. The van der Waals surface area contributed by atoms with Gasteiger partial charge < -0.3 is 5.32 Å². The highest BCUT2D eigenvalue weighted by Gasteiger charge is 2.24. The number of nitrogens with zero attached hydrogens (tertiary/aromatic N) is 2. The Morgan fingerprint density at radius 2 is 1.94 bits per heavy atom. The molecule has 1 aliphatic heterocycles. The Morgan fingerprint density at radius 3 is 2.44 bits per heavy atom. The van der Waals surface area contributed by atoms with Gasteiger partial charge in [0.2, 0.25) is 0 Å². The van der Waals surface area contributed by atoms with E-state index >= 15 is 0 Å². The average Bonchev–Trinajstić information content (AvgIpc) is 2.34. The fraction of sp³-hybridized carbons (Fsp3) is 1.00. The van der Waals surface area contributed by atoms with Gasteiger partial charge in [0, 0.05) is 38.3 Å². The summed E-state index contributed by atoms with van der Waals surface area (Å²) >= 11 is 0. The summed E-state index contributed by atoms with van der Waals surface area (Å²) in [6.07, 6.45) is 1.23. The van der Waals surface area contributed by atoms with Crippen LogP contribution < -0.4 is 5.32 Å². The zero-order chi connectivity index (χ0) is 13.5. The zero-order valence-electron chi connectivity index (χ0n) is 13.1. The van der Waals surface area contributed by atoms with Crippen molar-refractivity contribution < 1.29 is 0 Å². The van der Waals surface area contributed by atoms with Gasteiger partial charge in [0.15, 0.2) is 0 Å². The highest BCUT2D eigenvalue weighted by molar-refractivity contribution is 4.82. The maximum Gasteiger partial charge on any atom is 0.0217 e. The van der Waals surface area contributed by atoms with Crippen LogP contribution in [0.25, 0.3) is 0 Å². The average molecular weight is 255 g/mol. The van der Waals surface area contributed by atoms with E-state index in [0.717, 1.165) is 12.5 Å². The van der Waals surface area contributed by atoms with Gasteiger partial charge in [0.1, 0.15) is 0 Å². The lowest BCUT2D eigenvalue weighted by molar-refractivity contribution is 0.0769. The topological polar surface area (TPSA) is 18.5 Å². The van der Waals surface area contributed by atoms with Gasteiger partial charge in [0.25, 0.3) is 0 Å². The smallest absolute Gasteiger partial charge is 0.0217 e. The summed E-state index contributed by atoms with van der Waals surface area (Å²) in [4.78, 5) is 5.23. The van der Waals surface area contributed by atoms with Gasteiger partial charge in [-0.25, -0.2) is 0 Å². The van der Waals surface area contributed by atoms with E-state index in [4.69, 9.17) is 0 Å². The van der Waals surface area contributed by atoms with Crippen molar-refractivity contribution >= 4 is 0 Å². The van der Waals surface area contributed by atoms with E-state index in [0.29, 0.717) is 12.1 Å². The molecule has 0 aliphatic carbocycles. The predicted molar refractivity (Wildman–Crippen MR) is 80.1 cm³/mol. The molecule has 2 unspecified atom stereocenters. The molecule has 0 saturated carbocycles. The third-order valence-corrected chi connectivity index (χ3v) is 4.17. The molecule has 0 aromatic heterocycles. The van der Waals surface area contributed by atoms with Crippen LogP contribution >= 0.6 is 0 Å². The number of hydrogen-bond donors (Lipinski definition) is 1. The van der Waals surface area contributed by atoms with Crippen molar-refractivity contribution in [2.24, 2.45) is 5.92 Å². The van der Waals surface area contributed by atoms with Crippen LogP contribution in [0.4, 0.5) is 0 Å². The summed E-state index contributed by atoms with van der Waals surface area (Å²) in [7, 11) is 0. The molecule has 1 aliphatic rings. The Bertz CT molecular complexity index is 218. The monoisotopic (exact) mass is 255 g/mol. The van der Waals surface area contributed by atoms with Gasteiger partial charge in [-0.1, -0.05) is 27.7 Å². The highest BCUT2D eigenvalue weighted by Crippen LogP contribution is 2.11. The molecule has 18 heavy (non-hydrogen) atoms. The van der Waals surface area contributed by atoms with Crippen molar-refractivity contribution in [3.05, 3.63) is 0 Å². The van der Waals surface area contributed by atoms with Crippen molar-refractivity contribution in [2.75, 3.05) is 39.3 Å². The molecule has 0 bridgehead atoms. The zero-order valence-corrected chi connectivity index (χ0v) is 13.1. The third kappa shape index (κ3) is 4.87. The number of rotatable bonds is 7. The molecular formula is C15H33N3. The first kappa shape index (κ1) is 15.9. The second kappa shape index (κ2) is 8.13. The van der Waals surface area contributed by atoms with Crippen LogP contribution in [-0.2, 0) is 0 Å². The standard InChI is InChI=1S/C15H33N3/c1-6-8-16-15(13(3)4)12-17-9-10-18(7-2)14(5)11-17/h13-16H,6-12H2,1-5H3. The van der Waals surface area contributed by atoms with Crippen molar-refractivity contribution in [1.29, 1.82) is 0 Å². The minimum absolute atomic E-state index is 0.644. The normalized spacial score (nSPS) is 24.7. The second-order valence-electron chi connectivity index (χ2n) is 6.04. The molecule has 0 radical (unpaired) electrons. The summed E-state index contributed by atoms with van der Waals surface area (Å²) in [5.41, 5.74) is 0. The largest absolute Gasteiger partial charge is 0.312 e. The first-order valence-electron chi connectivity index (χ1n) is 7.78. The van der Waals surface area contributed by atoms with E-state index < -0.39 is 0 Å². The lowest BCUT2D eigenvalue weighted by Crippen LogP contribution is -2.55. The lowest BCUT2D eigenvalue weighted by atomic mass is 10.0. The van der Waals surface area contributed by atoms with E-state index in [1.165, 1.54) is 39.1 Å². The molecule has 0 spiro atoms. The number of piperazine rings is 1. The Balaban J connectivity index is 2.40. The van der Waals surface area contributed by atoms with Crippen molar-refractivity contribution in [3.8, 4) is 0 Å². The quantitative estimate of drug-likeness (QED) is 0.751. The van der Waals surface area contributed by atoms with E-state index in [1.807, 2.05) is 0 Å². The Labute approximate surface area is 114 Å². The van der Waals surface area contributed by atoms with Gasteiger partial charge in [-0.3, -0.25) is 9.80 Å². The molecule has 3 nitrogen and oxygen atoms in total. The summed E-state index contributed by atoms with van der Waals surface area (Å²) in [6, 6.07) is 1.35. The maximum absolute atomic E-state index is 3.70. The van der Waals surface area contributed by atoms with E-state index in [1.54, 1.807) is 0 Å². The van der Waals surface area contributed by atoms with E-state index in [-0.39, 0.29) is 0 Å². The third-order valence-electron chi connectivity index (χ3n) is 4.17. The first-order valence-corrected chi connectivity index (χ1v) is 7.78. The molecule has 1 fully saturated rings. The van der Waals surface area contributed by atoms with Crippen LogP contribution in [0, 0.1) is 5.92 Å². The van der Waals surface area contributed by atoms with Crippen LogP contribution in [-0.4, -0.2) is 61.2 Å². The van der Waals surface area contributed by atoms with E-state index in [9.17, 15) is 0 Å². The predicted octanol–water partition coefficient (Wildman–Crippen LogP) is 2.04. The van der Waals surface area contributed by atoms with Crippen LogP contribution in [0.15, 0.2) is 0 Å². The van der Waals surface area contributed by atoms with Gasteiger partial charge in [-0.15, -0.1) is 0 Å². The summed E-state index contributed by atoms with van der Waals surface area (Å²) < 4.78 is 0. The summed E-state index contributed by atoms with van der Waals surface area (Å²) in [5.74, 6) is 0.719. The molecule has 1 saturated heterocycles. The SMILES string of the molecule is CCCNC(CN1CCN(CC)C(C)C1)C(C)C. The Morgan fingerprint density at radius 1 is 1.22 bits per heavy atom. The van der Waals surface area contributed by atoms with Crippen molar-refractivity contribution in [1.82, 2.24) is 15.1 Å². The maximum atomic E-state index is 3.70. The lowest BCUT2D eigenvalue weighted by Gasteiger charge is -2.41. The molecule has 1 N–H and O–H groups in total. The molecule has 108 valence electrons. The van der Waals surface area contributed by atoms with Crippen LogP contribution in [0.3, 0.4) is 0 Å². The molecule has 1 heterocycles. The molecule has 1 rings (SSSR count). The van der Waals surface area contributed by atoms with E-state index in [2.05, 4.69) is 49.7 Å². The fourth-order valence-electron chi connectivity index (χ4n) is 2.83. The minimum atomic E-state index is 0.644. The molecule has 0 amide bonds. The van der Waals surface area contributed by atoms with Crippen LogP contribution in [0.2, 0.25) is 0 Å². The molecule has 3 heteroatoms. The molecular weight excluding hydrogens is 222 g/mol. The van der Waals surface area contributed by atoms with Crippen LogP contribution in [0.1, 0.15) is 41.0 Å². The van der Waals surface area contributed by atoms with Crippen molar-refractivity contribution in [2.45, 2.75) is 53.1 Å². The summed E-state index contributed by atoms with van der Waals surface area (Å²) in [6.45, 7) is 18.8. The minimum Gasteiger partial charge on any atom is -0.312 e. The van der Waals surface area contributed by atoms with Gasteiger partial charge in [-0.05, 0) is 32.4 Å². The number of nitrogens with one attached hydrogen (secondary N) is 1. The van der Waals surface area contributed by atoms with Crippen molar-refractivity contribution in [3.63, 3.8) is 0 Å². The Hall–Kier alpha value is -0.120.